The second kappa shape index (κ2) is 4.05. The van der Waals surface area contributed by atoms with Crippen molar-refractivity contribution in [3.05, 3.63) is 35.6 Å². The van der Waals surface area contributed by atoms with Gasteiger partial charge in [-0.2, -0.15) is 0 Å². The van der Waals surface area contributed by atoms with Crippen LogP contribution in [-0.2, 0) is 6.42 Å². The van der Waals surface area contributed by atoms with Crippen LogP contribution in [0.15, 0.2) is 24.3 Å². The maximum atomic E-state index is 13.4. The summed E-state index contributed by atoms with van der Waals surface area (Å²) in [6.07, 6.45) is 0.218. The zero-order valence-corrected chi connectivity index (χ0v) is 8.43. The molecule has 1 aromatic carbocycles. The summed E-state index contributed by atoms with van der Waals surface area (Å²) in [4.78, 5) is 0. The van der Waals surface area contributed by atoms with Crippen molar-refractivity contribution < 1.29 is 8.78 Å². The molecule has 78 valence electrons. The van der Waals surface area contributed by atoms with Gasteiger partial charge in [0, 0.05) is 6.04 Å². The van der Waals surface area contributed by atoms with Crippen molar-refractivity contribution in [2.24, 2.45) is 5.73 Å². The van der Waals surface area contributed by atoms with E-state index in [1.807, 2.05) is 0 Å². The summed E-state index contributed by atoms with van der Waals surface area (Å²) in [7, 11) is 0. The molecule has 1 atom stereocenters. The van der Waals surface area contributed by atoms with Gasteiger partial charge in [-0.05, 0) is 31.9 Å². The van der Waals surface area contributed by atoms with Crippen LogP contribution in [0.2, 0.25) is 0 Å². The fourth-order valence-corrected chi connectivity index (χ4v) is 1.14. The minimum atomic E-state index is -1.48. The molecule has 0 aliphatic rings. The summed E-state index contributed by atoms with van der Waals surface area (Å²) in [5.41, 5.74) is 4.59. The van der Waals surface area contributed by atoms with Crippen LogP contribution < -0.4 is 5.73 Å². The number of hydrogen-bond acceptors (Lipinski definition) is 1. The van der Waals surface area contributed by atoms with Crippen LogP contribution in [0.4, 0.5) is 8.78 Å². The lowest BCUT2D eigenvalue weighted by molar-refractivity contribution is 0.172. The highest BCUT2D eigenvalue weighted by atomic mass is 19.1. The SMILES string of the molecule is CC(C)(F)C(N)Cc1ccccc1F. The van der Waals surface area contributed by atoms with E-state index in [9.17, 15) is 8.78 Å². The number of hydrogen-bond donors (Lipinski definition) is 1. The van der Waals surface area contributed by atoms with E-state index in [0.29, 0.717) is 5.56 Å². The molecule has 0 aliphatic carbocycles. The van der Waals surface area contributed by atoms with Gasteiger partial charge in [0.25, 0.3) is 0 Å². The Morgan fingerprint density at radius 3 is 2.43 bits per heavy atom. The molecule has 0 radical (unpaired) electrons. The standard InChI is InChI=1S/C11H15F2N/c1-11(2,13)10(14)7-8-5-3-4-6-9(8)12/h3-6,10H,7,14H2,1-2H3. The molecule has 3 heteroatoms. The van der Waals surface area contributed by atoms with Gasteiger partial charge < -0.3 is 5.73 Å². The Balaban J connectivity index is 2.75. The minimum Gasteiger partial charge on any atom is -0.325 e. The average Bonchev–Trinajstić information content (AvgIpc) is 2.07. The van der Waals surface area contributed by atoms with Crippen LogP contribution in [0.1, 0.15) is 19.4 Å². The number of benzene rings is 1. The Hall–Kier alpha value is -0.960. The Labute approximate surface area is 82.9 Å². The molecule has 14 heavy (non-hydrogen) atoms. The average molecular weight is 199 g/mol. The van der Waals surface area contributed by atoms with Crippen LogP contribution >= 0.6 is 0 Å². The third-order valence-corrected chi connectivity index (χ3v) is 2.28. The topological polar surface area (TPSA) is 26.0 Å². The first-order valence-electron chi connectivity index (χ1n) is 4.59. The van der Waals surface area contributed by atoms with E-state index < -0.39 is 11.7 Å². The third kappa shape index (κ3) is 2.77. The molecule has 0 bridgehead atoms. The number of halogens is 2. The zero-order valence-electron chi connectivity index (χ0n) is 8.43. The molecule has 1 rings (SSSR count). The summed E-state index contributed by atoms with van der Waals surface area (Å²) >= 11 is 0. The first-order chi connectivity index (χ1) is 6.41. The Bertz CT molecular complexity index is 304. The molecular formula is C11H15F2N. The van der Waals surface area contributed by atoms with Crippen molar-refractivity contribution in [1.82, 2.24) is 0 Å². The van der Waals surface area contributed by atoms with Crippen LogP contribution in [0, 0.1) is 5.82 Å². The normalized spacial score (nSPS) is 14.1. The molecule has 2 N–H and O–H groups in total. The summed E-state index contributed by atoms with van der Waals surface area (Å²) in [6.45, 7) is 2.80. The number of nitrogens with two attached hydrogens (primary N) is 1. The first kappa shape index (κ1) is 11.1. The molecule has 0 spiro atoms. The van der Waals surface area contributed by atoms with Crippen molar-refractivity contribution in [2.45, 2.75) is 32.0 Å². The molecule has 0 saturated heterocycles. The predicted octanol–water partition coefficient (Wildman–Crippen LogP) is 2.44. The lowest BCUT2D eigenvalue weighted by atomic mass is 9.95. The molecule has 1 nitrogen and oxygen atoms in total. The smallest absolute Gasteiger partial charge is 0.126 e. The van der Waals surface area contributed by atoms with Gasteiger partial charge in [0.1, 0.15) is 11.5 Å². The summed E-state index contributed by atoms with van der Waals surface area (Å²) < 4.78 is 26.5. The van der Waals surface area contributed by atoms with Crippen LogP contribution in [0.3, 0.4) is 0 Å². The fourth-order valence-electron chi connectivity index (χ4n) is 1.14. The van der Waals surface area contributed by atoms with Crippen molar-refractivity contribution in [3.8, 4) is 0 Å². The van der Waals surface area contributed by atoms with Gasteiger partial charge in [0.2, 0.25) is 0 Å². The van der Waals surface area contributed by atoms with E-state index in [1.54, 1.807) is 18.2 Å². The number of rotatable bonds is 3. The Morgan fingerprint density at radius 2 is 1.93 bits per heavy atom. The van der Waals surface area contributed by atoms with Crippen molar-refractivity contribution in [1.29, 1.82) is 0 Å². The minimum absolute atomic E-state index is 0.218. The van der Waals surface area contributed by atoms with Gasteiger partial charge in [0.15, 0.2) is 0 Å². The lowest BCUT2D eigenvalue weighted by Gasteiger charge is -2.23. The Kier molecular flexibility index (Phi) is 3.21. The largest absolute Gasteiger partial charge is 0.325 e. The van der Waals surface area contributed by atoms with Gasteiger partial charge in [-0.15, -0.1) is 0 Å². The summed E-state index contributed by atoms with van der Waals surface area (Å²) in [5.74, 6) is -0.327. The molecule has 0 amide bonds. The predicted molar refractivity (Wildman–Crippen MR) is 53.3 cm³/mol. The van der Waals surface area contributed by atoms with Crippen molar-refractivity contribution >= 4 is 0 Å². The molecule has 0 fully saturated rings. The van der Waals surface area contributed by atoms with Gasteiger partial charge in [-0.3, -0.25) is 0 Å². The van der Waals surface area contributed by atoms with Gasteiger partial charge in [-0.25, -0.2) is 8.78 Å². The van der Waals surface area contributed by atoms with E-state index in [1.165, 1.54) is 19.9 Å². The first-order valence-corrected chi connectivity index (χ1v) is 4.59. The molecule has 1 unspecified atom stereocenters. The highest BCUT2D eigenvalue weighted by molar-refractivity contribution is 5.19. The molecule has 0 saturated carbocycles. The van der Waals surface area contributed by atoms with Crippen molar-refractivity contribution in [2.75, 3.05) is 0 Å². The third-order valence-electron chi connectivity index (χ3n) is 2.28. The maximum absolute atomic E-state index is 13.4. The van der Waals surface area contributed by atoms with E-state index in [2.05, 4.69) is 0 Å². The molecule has 1 aromatic rings. The highest BCUT2D eigenvalue weighted by Gasteiger charge is 2.26. The van der Waals surface area contributed by atoms with Gasteiger partial charge >= 0.3 is 0 Å². The maximum Gasteiger partial charge on any atom is 0.126 e. The van der Waals surface area contributed by atoms with Crippen molar-refractivity contribution in [3.63, 3.8) is 0 Å². The Morgan fingerprint density at radius 1 is 1.36 bits per heavy atom. The monoisotopic (exact) mass is 199 g/mol. The van der Waals surface area contributed by atoms with Crippen LogP contribution in [-0.4, -0.2) is 11.7 Å². The van der Waals surface area contributed by atoms with E-state index in [0.717, 1.165) is 0 Å². The zero-order chi connectivity index (χ0) is 10.8. The molecule has 0 aliphatic heterocycles. The van der Waals surface area contributed by atoms with Crippen LogP contribution in [0.25, 0.3) is 0 Å². The molecule has 0 aromatic heterocycles. The summed E-state index contributed by atoms with van der Waals surface area (Å²) in [5, 5.41) is 0. The van der Waals surface area contributed by atoms with E-state index in [-0.39, 0.29) is 12.2 Å². The van der Waals surface area contributed by atoms with E-state index in [4.69, 9.17) is 5.73 Å². The quantitative estimate of drug-likeness (QED) is 0.795. The van der Waals surface area contributed by atoms with E-state index >= 15 is 0 Å². The number of alkyl halides is 1. The second-order valence-electron chi connectivity index (χ2n) is 3.97. The summed E-state index contributed by atoms with van der Waals surface area (Å²) in [6, 6.07) is 5.62. The van der Waals surface area contributed by atoms with Gasteiger partial charge in [-0.1, -0.05) is 18.2 Å². The lowest BCUT2D eigenvalue weighted by Crippen LogP contribution is -2.41. The molecular weight excluding hydrogens is 184 g/mol. The molecule has 0 heterocycles. The van der Waals surface area contributed by atoms with Crippen LogP contribution in [0.5, 0.6) is 0 Å². The fraction of sp³-hybridized carbons (Fsp3) is 0.455. The van der Waals surface area contributed by atoms with Gasteiger partial charge in [0.05, 0.1) is 0 Å². The highest BCUT2D eigenvalue weighted by Crippen LogP contribution is 2.18. The second-order valence-corrected chi connectivity index (χ2v) is 3.97.